The molecule has 28 heavy (non-hydrogen) atoms. The van der Waals surface area contributed by atoms with Gasteiger partial charge in [-0.15, -0.1) is 0 Å². The molecule has 0 radical (unpaired) electrons. The number of ketones is 1. The molecule has 3 rings (SSSR count). The second kappa shape index (κ2) is 8.93. The quantitative estimate of drug-likeness (QED) is 0.371. The van der Waals surface area contributed by atoms with Crippen molar-refractivity contribution in [2.45, 2.75) is 44.7 Å². The first-order valence-electron chi connectivity index (χ1n) is 9.35. The van der Waals surface area contributed by atoms with Gasteiger partial charge in [0.25, 0.3) is 5.56 Å². The summed E-state index contributed by atoms with van der Waals surface area (Å²) < 4.78 is 1.61. The molecule has 1 atom stereocenters. The number of benzene rings is 2. The van der Waals surface area contributed by atoms with Crippen LogP contribution in [0.15, 0.2) is 52.4 Å². The zero-order valence-electron chi connectivity index (χ0n) is 16.2. The van der Waals surface area contributed by atoms with Crippen LogP contribution in [0.5, 0.6) is 0 Å². The van der Waals surface area contributed by atoms with Crippen LogP contribution in [0.2, 0.25) is 5.02 Å². The maximum Gasteiger partial charge on any atom is 0.266 e. The van der Waals surface area contributed by atoms with Crippen LogP contribution in [0.4, 0.5) is 0 Å². The zero-order chi connectivity index (χ0) is 20.3. The molecule has 0 aliphatic rings. The van der Waals surface area contributed by atoms with E-state index in [2.05, 4.69) is 31.0 Å². The first kappa shape index (κ1) is 20.6. The summed E-state index contributed by atoms with van der Waals surface area (Å²) in [5, 5.41) is 1.56. The lowest BCUT2D eigenvalue weighted by molar-refractivity contribution is -0.116. The average molecular weight is 415 g/mol. The lowest BCUT2D eigenvalue weighted by Gasteiger charge is -2.15. The Kier molecular flexibility index (Phi) is 6.57. The first-order valence-corrected chi connectivity index (χ1v) is 10.7. The third-order valence-corrected chi connectivity index (χ3v) is 5.99. The van der Waals surface area contributed by atoms with Crippen LogP contribution in [0, 0.1) is 0 Å². The number of nitrogens with zero attached hydrogens (tertiary/aromatic N) is 2. The van der Waals surface area contributed by atoms with E-state index in [9.17, 15) is 9.59 Å². The van der Waals surface area contributed by atoms with E-state index >= 15 is 0 Å². The molecule has 1 heterocycles. The number of carbonyl (C=O) groups is 1. The highest BCUT2D eigenvalue weighted by atomic mass is 35.5. The van der Waals surface area contributed by atoms with E-state index in [0.29, 0.717) is 39.2 Å². The van der Waals surface area contributed by atoms with Crippen LogP contribution >= 0.6 is 23.4 Å². The molecule has 0 unspecified atom stereocenters. The summed E-state index contributed by atoms with van der Waals surface area (Å²) in [7, 11) is 0. The number of hydrogen-bond donors (Lipinski definition) is 0. The van der Waals surface area contributed by atoms with Crippen LogP contribution in [0.3, 0.4) is 0 Å². The highest BCUT2D eigenvalue weighted by molar-refractivity contribution is 7.99. The summed E-state index contributed by atoms with van der Waals surface area (Å²) in [6, 6.07) is 13.2. The molecule has 0 amide bonds. The van der Waals surface area contributed by atoms with Gasteiger partial charge in [-0.3, -0.25) is 14.2 Å². The van der Waals surface area contributed by atoms with Gasteiger partial charge in [0, 0.05) is 17.2 Å². The molecule has 0 saturated carbocycles. The second-order valence-electron chi connectivity index (χ2n) is 6.90. The number of halogens is 1. The van der Waals surface area contributed by atoms with Gasteiger partial charge in [0.2, 0.25) is 0 Å². The number of carbonyl (C=O) groups excluding carboxylic acids is 1. The number of fused-ring (bicyclic) bond motifs is 1. The molecule has 0 fully saturated rings. The Morgan fingerprint density at radius 3 is 2.57 bits per heavy atom. The SMILES string of the molecule is CC[C@@H](C)c1ccc(-n2c(SCCC(C)=O)nc3ccc(Cl)cc3c2=O)cc1. The lowest BCUT2D eigenvalue weighted by atomic mass is 9.98. The molecule has 2 aromatic carbocycles. The van der Waals surface area contributed by atoms with Crippen molar-refractivity contribution in [1.82, 2.24) is 9.55 Å². The van der Waals surface area contributed by atoms with Gasteiger partial charge in [-0.1, -0.05) is 49.3 Å². The van der Waals surface area contributed by atoms with Crippen molar-refractivity contribution in [3.8, 4) is 5.69 Å². The number of hydrogen-bond acceptors (Lipinski definition) is 4. The van der Waals surface area contributed by atoms with Crippen molar-refractivity contribution in [2.75, 3.05) is 5.75 Å². The van der Waals surface area contributed by atoms with Crippen molar-refractivity contribution in [2.24, 2.45) is 0 Å². The Bertz CT molecular complexity index is 1060. The third kappa shape index (κ3) is 4.47. The molecule has 0 bridgehead atoms. The van der Waals surface area contributed by atoms with E-state index in [4.69, 9.17) is 11.6 Å². The molecule has 146 valence electrons. The van der Waals surface area contributed by atoms with Gasteiger partial charge in [-0.05, 0) is 55.2 Å². The topological polar surface area (TPSA) is 52.0 Å². The molecule has 1 aromatic heterocycles. The van der Waals surface area contributed by atoms with Crippen LogP contribution in [-0.4, -0.2) is 21.1 Å². The van der Waals surface area contributed by atoms with Crippen molar-refractivity contribution < 1.29 is 4.79 Å². The summed E-state index contributed by atoms with van der Waals surface area (Å²) in [6.45, 7) is 5.91. The van der Waals surface area contributed by atoms with Crippen LogP contribution < -0.4 is 5.56 Å². The smallest absolute Gasteiger partial charge is 0.266 e. The highest BCUT2D eigenvalue weighted by Gasteiger charge is 2.14. The number of Topliss-reactive ketones (excluding diaryl/α,β-unsaturated/α-hetero) is 1. The monoisotopic (exact) mass is 414 g/mol. The second-order valence-corrected chi connectivity index (χ2v) is 8.40. The summed E-state index contributed by atoms with van der Waals surface area (Å²) in [6.07, 6.45) is 1.49. The fourth-order valence-electron chi connectivity index (χ4n) is 2.94. The van der Waals surface area contributed by atoms with Gasteiger partial charge < -0.3 is 0 Å². The van der Waals surface area contributed by atoms with Gasteiger partial charge in [-0.25, -0.2) is 4.98 Å². The Balaban J connectivity index is 2.13. The zero-order valence-corrected chi connectivity index (χ0v) is 17.8. The normalized spacial score (nSPS) is 12.3. The maximum atomic E-state index is 13.3. The van der Waals surface area contributed by atoms with E-state index in [0.717, 1.165) is 12.1 Å². The molecule has 4 nitrogen and oxygen atoms in total. The van der Waals surface area contributed by atoms with Crippen molar-refractivity contribution in [3.05, 3.63) is 63.4 Å². The molecule has 0 saturated heterocycles. The van der Waals surface area contributed by atoms with Crippen molar-refractivity contribution in [1.29, 1.82) is 0 Å². The minimum atomic E-state index is -0.158. The molecular formula is C22H23ClN2O2S. The summed E-state index contributed by atoms with van der Waals surface area (Å²) in [4.78, 5) is 29.3. The van der Waals surface area contributed by atoms with Crippen LogP contribution in [0.1, 0.15) is 45.1 Å². The predicted molar refractivity (Wildman–Crippen MR) is 117 cm³/mol. The molecular weight excluding hydrogens is 392 g/mol. The van der Waals surface area contributed by atoms with E-state index in [1.54, 1.807) is 29.7 Å². The number of rotatable bonds is 7. The molecule has 0 spiro atoms. The Labute approximate surface area is 173 Å². The fraction of sp³-hybridized carbons (Fsp3) is 0.318. The van der Waals surface area contributed by atoms with Gasteiger partial charge in [0.1, 0.15) is 5.78 Å². The summed E-state index contributed by atoms with van der Waals surface area (Å²) in [5.74, 6) is 1.15. The molecule has 6 heteroatoms. The molecule has 0 aliphatic carbocycles. The van der Waals surface area contributed by atoms with Gasteiger partial charge in [0.15, 0.2) is 5.16 Å². The van der Waals surface area contributed by atoms with E-state index in [1.165, 1.54) is 17.3 Å². The Morgan fingerprint density at radius 2 is 1.93 bits per heavy atom. The van der Waals surface area contributed by atoms with Crippen molar-refractivity contribution >= 4 is 40.0 Å². The Hall–Kier alpha value is -2.11. The van der Waals surface area contributed by atoms with Crippen molar-refractivity contribution in [3.63, 3.8) is 0 Å². The minimum Gasteiger partial charge on any atom is -0.300 e. The largest absolute Gasteiger partial charge is 0.300 e. The van der Waals surface area contributed by atoms with Gasteiger partial charge in [-0.2, -0.15) is 0 Å². The first-order chi connectivity index (χ1) is 13.4. The molecule has 3 aromatic rings. The molecule has 0 aliphatic heterocycles. The van der Waals surface area contributed by atoms with Crippen LogP contribution in [0.25, 0.3) is 16.6 Å². The Morgan fingerprint density at radius 1 is 1.21 bits per heavy atom. The van der Waals surface area contributed by atoms with E-state index in [-0.39, 0.29) is 11.3 Å². The van der Waals surface area contributed by atoms with E-state index in [1.807, 2.05) is 12.1 Å². The highest BCUT2D eigenvalue weighted by Crippen LogP contribution is 2.25. The number of thioether (sulfide) groups is 1. The fourth-order valence-corrected chi connectivity index (χ4v) is 4.16. The standard InChI is InChI=1S/C22H23ClN2O2S/c1-4-14(2)16-5-8-18(9-6-16)25-21(27)19-13-17(23)7-10-20(19)24-22(25)28-12-11-15(3)26/h5-10,13-14H,4,11-12H2,1-3H3/t14-/m1/s1. The number of aromatic nitrogens is 2. The maximum absolute atomic E-state index is 13.3. The predicted octanol–water partition coefficient (Wildman–Crippen LogP) is 5.62. The average Bonchev–Trinajstić information content (AvgIpc) is 2.68. The lowest BCUT2D eigenvalue weighted by Crippen LogP contribution is -2.22. The summed E-state index contributed by atoms with van der Waals surface area (Å²) >= 11 is 7.52. The minimum absolute atomic E-state index is 0.117. The molecule has 0 N–H and O–H groups in total. The summed E-state index contributed by atoms with van der Waals surface area (Å²) in [5.41, 5.74) is 2.44. The van der Waals surface area contributed by atoms with Gasteiger partial charge >= 0.3 is 0 Å². The van der Waals surface area contributed by atoms with Gasteiger partial charge in [0.05, 0.1) is 16.6 Å². The third-order valence-electron chi connectivity index (χ3n) is 4.82. The van der Waals surface area contributed by atoms with Crippen LogP contribution in [-0.2, 0) is 4.79 Å². The van der Waals surface area contributed by atoms with E-state index < -0.39 is 0 Å².